The standard InChI is InChI=1S/C29H29ClN4O2/c30-26-12-6-4-10-23(26)19-34-20-25(24-11-5-7-13-27(24)34)29(36)33-16-14-32(15-17-33)21-28(35)31-18-22-8-2-1-3-9-22/h1-13,20H,14-19,21H2,(H,31,35). The van der Waals surface area contributed by atoms with Gasteiger partial charge in [-0.2, -0.15) is 0 Å². The molecule has 7 heteroatoms. The highest BCUT2D eigenvalue weighted by Crippen LogP contribution is 2.26. The van der Waals surface area contributed by atoms with Crippen LogP contribution in [0.1, 0.15) is 21.5 Å². The monoisotopic (exact) mass is 500 g/mol. The highest BCUT2D eigenvalue weighted by molar-refractivity contribution is 6.31. The molecular weight excluding hydrogens is 472 g/mol. The third-order valence-electron chi connectivity index (χ3n) is 6.68. The smallest absolute Gasteiger partial charge is 0.256 e. The Hall–Kier alpha value is -3.61. The highest BCUT2D eigenvalue weighted by Gasteiger charge is 2.25. The number of nitrogens with zero attached hydrogens (tertiary/aromatic N) is 3. The van der Waals surface area contributed by atoms with E-state index in [1.54, 1.807) is 0 Å². The quantitative estimate of drug-likeness (QED) is 0.409. The minimum atomic E-state index is 0.00118. The largest absolute Gasteiger partial charge is 0.351 e. The molecule has 0 unspecified atom stereocenters. The zero-order valence-corrected chi connectivity index (χ0v) is 20.8. The summed E-state index contributed by atoms with van der Waals surface area (Å²) in [6.07, 6.45) is 1.94. The first-order valence-corrected chi connectivity index (χ1v) is 12.6. The molecule has 0 radical (unpaired) electrons. The molecule has 6 nitrogen and oxygen atoms in total. The summed E-state index contributed by atoms with van der Waals surface area (Å²) in [5.41, 5.74) is 3.80. The van der Waals surface area contributed by atoms with Gasteiger partial charge in [-0.15, -0.1) is 0 Å². The summed E-state index contributed by atoms with van der Waals surface area (Å²) in [5.74, 6) is 0.0264. The van der Waals surface area contributed by atoms with Crippen molar-refractivity contribution in [1.29, 1.82) is 0 Å². The van der Waals surface area contributed by atoms with E-state index in [1.807, 2.05) is 90.0 Å². The Morgan fingerprint density at radius 1 is 0.833 bits per heavy atom. The van der Waals surface area contributed by atoms with Crippen LogP contribution >= 0.6 is 11.6 Å². The first kappa shape index (κ1) is 24.1. The summed E-state index contributed by atoms with van der Waals surface area (Å²) in [4.78, 5) is 29.9. The Bertz CT molecular complexity index is 1360. The lowest BCUT2D eigenvalue weighted by molar-refractivity contribution is -0.122. The lowest BCUT2D eigenvalue weighted by Crippen LogP contribution is -2.51. The highest BCUT2D eigenvalue weighted by atomic mass is 35.5. The van der Waals surface area contributed by atoms with Crippen molar-refractivity contribution in [2.75, 3.05) is 32.7 Å². The Morgan fingerprint density at radius 2 is 1.53 bits per heavy atom. The summed E-state index contributed by atoms with van der Waals surface area (Å²) >= 11 is 6.40. The van der Waals surface area contributed by atoms with Gasteiger partial charge >= 0.3 is 0 Å². The van der Waals surface area contributed by atoms with Crippen LogP contribution in [-0.2, 0) is 17.9 Å². The molecule has 2 heterocycles. The maximum absolute atomic E-state index is 13.5. The van der Waals surface area contributed by atoms with Crippen molar-refractivity contribution < 1.29 is 9.59 Å². The second-order valence-electron chi connectivity index (χ2n) is 9.11. The number of benzene rings is 3. The molecule has 36 heavy (non-hydrogen) atoms. The minimum Gasteiger partial charge on any atom is -0.351 e. The van der Waals surface area contributed by atoms with Crippen LogP contribution in [0.15, 0.2) is 85.1 Å². The molecule has 0 spiro atoms. The number of nitrogens with one attached hydrogen (secondary N) is 1. The molecule has 5 rings (SSSR count). The Morgan fingerprint density at radius 3 is 2.31 bits per heavy atom. The van der Waals surface area contributed by atoms with Crippen LogP contribution in [0.3, 0.4) is 0 Å². The van der Waals surface area contributed by atoms with Gasteiger partial charge in [0.05, 0.1) is 12.1 Å². The normalized spacial score (nSPS) is 14.2. The maximum Gasteiger partial charge on any atom is 0.256 e. The number of hydrogen-bond donors (Lipinski definition) is 1. The number of fused-ring (bicyclic) bond motifs is 1. The van der Waals surface area contributed by atoms with Crippen LogP contribution < -0.4 is 5.32 Å². The van der Waals surface area contributed by atoms with Crippen molar-refractivity contribution in [1.82, 2.24) is 19.7 Å². The fraction of sp³-hybridized carbons (Fsp3) is 0.241. The molecule has 1 N–H and O–H groups in total. The second-order valence-corrected chi connectivity index (χ2v) is 9.52. The molecule has 2 amide bonds. The van der Waals surface area contributed by atoms with Gasteiger partial charge in [0.25, 0.3) is 5.91 Å². The summed E-state index contributed by atoms with van der Waals surface area (Å²) < 4.78 is 2.09. The summed E-state index contributed by atoms with van der Waals surface area (Å²) in [6, 6.07) is 25.7. The number of aromatic nitrogens is 1. The molecule has 0 aliphatic carbocycles. The van der Waals surface area contributed by atoms with Gasteiger partial charge in [0.1, 0.15) is 0 Å². The number of amides is 2. The lowest BCUT2D eigenvalue weighted by Gasteiger charge is -2.34. The number of carbonyl (C=O) groups excluding carboxylic acids is 2. The van der Waals surface area contributed by atoms with Crippen LogP contribution in [0.5, 0.6) is 0 Å². The van der Waals surface area contributed by atoms with Gasteiger partial charge in [0.15, 0.2) is 0 Å². The van der Waals surface area contributed by atoms with Crippen LogP contribution in [0.4, 0.5) is 0 Å². The average Bonchev–Trinajstić information content (AvgIpc) is 3.28. The molecule has 1 saturated heterocycles. The molecule has 4 aromatic rings. The zero-order valence-electron chi connectivity index (χ0n) is 20.1. The first-order valence-electron chi connectivity index (χ1n) is 12.2. The van der Waals surface area contributed by atoms with Crippen molar-refractivity contribution in [2.45, 2.75) is 13.1 Å². The molecule has 1 aliphatic rings. The maximum atomic E-state index is 13.5. The van der Waals surface area contributed by atoms with Gasteiger partial charge in [-0.1, -0.05) is 78.3 Å². The second kappa shape index (κ2) is 11.0. The molecule has 3 aromatic carbocycles. The molecule has 1 aromatic heterocycles. The van der Waals surface area contributed by atoms with Gasteiger partial charge < -0.3 is 14.8 Å². The van der Waals surface area contributed by atoms with E-state index in [2.05, 4.69) is 14.8 Å². The van der Waals surface area contributed by atoms with Crippen molar-refractivity contribution in [3.05, 3.63) is 107 Å². The van der Waals surface area contributed by atoms with E-state index in [9.17, 15) is 9.59 Å². The van der Waals surface area contributed by atoms with E-state index in [1.165, 1.54) is 0 Å². The summed E-state index contributed by atoms with van der Waals surface area (Å²) in [7, 11) is 0. The van der Waals surface area contributed by atoms with Crippen molar-refractivity contribution in [2.24, 2.45) is 0 Å². The SMILES string of the molecule is O=C(CN1CCN(C(=O)c2cn(Cc3ccccc3Cl)c3ccccc23)CC1)NCc1ccccc1. The van der Waals surface area contributed by atoms with E-state index in [0.29, 0.717) is 56.4 Å². The van der Waals surface area contributed by atoms with E-state index < -0.39 is 0 Å². The van der Waals surface area contributed by atoms with Gasteiger partial charge in [0.2, 0.25) is 5.91 Å². The average molecular weight is 501 g/mol. The van der Waals surface area contributed by atoms with E-state index in [4.69, 9.17) is 11.6 Å². The van der Waals surface area contributed by atoms with Crippen molar-refractivity contribution in [3.8, 4) is 0 Å². The van der Waals surface area contributed by atoms with Gasteiger partial charge in [-0.3, -0.25) is 14.5 Å². The lowest BCUT2D eigenvalue weighted by atomic mass is 10.1. The number of hydrogen-bond acceptors (Lipinski definition) is 3. The minimum absolute atomic E-state index is 0.00118. The summed E-state index contributed by atoms with van der Waals surface area (Å²) in [5, 5.41) is 4.64. The van der Waals surface area contributed by atoms with Crippen molar-refractivity contribution in [3.63, 3.8) is 0 Å². The van der Waals surface area contributed by atoms with Crippen molar-refractivity contribution >= 4 is 34.3 Å². The molecule has 0 atom stereocenters. The summed E-state index contributed by atoms with van der Waals surface area (Å²) in [6.45, 7) is 3.98. The third-order valence-corrected chi connectivity index (χ3v) is 7.05. The van der Waals surface area contributed by atoms with Gasteiger partial charge in [-0.05, 0) is 23.3 Å². The Kier molecular flexibility index (Phi) is 7.35. The van der Waals surface area contributed by atoms with E-state index >= 15 is 0 Å². The number of carbonyl (C=O) groups is 2. The van der Waals surface area contributed by atoms with Crippen LogP contribution in [0, 0.1) is 0 Å². The molecule has 1 aliphatic heterocycles. The van der Waals surface area contributed by atoms with E-state index in [-0.39, 0.29) is 11.8 Å². The molecule has 0 saturated carbocycles. The van der Waals surface area contributed by atoms with Crippen LogP contribution in [-0.4, -0.2) is 58.9 Å². The molecular formula is C29H29ClN4O2. The fourth-order valence-corrected chi connectivity index (χ4v) is 4.89. The Labute approximate surface area is 216 Å². The molecule has 0 bridgehead atoms. The fourth-order valence-electron chi connectivity index (χ4n) is 4.69. The third kappa shape index (κ3) is 5.45. The van der Waals surface area contributed by atoms with Crippen LogP contribution in [0.25, 0.3) is 10.9 Å². The Balaban J connectivity index is 1.21. The zero-order chi connectivity index (χ0) is 24.9. The van der Waals surface area contributed by atoms with Gasteiger partial charge in [-0.25, -0.2) is 0 Å². The predicted octanol–water partition coefficient (Wildman–Crippen LogP) is 4.42. The predicted molar refractivity (Wildman–Crippen MR) is 143 cm³/mol. The molecule has 184 valence electrons. The number of rotatable bonds is 7. The molecule has 1 fully saturated rings. The van der Waals surface area contributed by atoms with Gasteiger partial charge in [0, 0.05) is 61.4 Å². The topological polar surface area (TPSA) is 57.6 Å². The number of piperazine rings is 1. The number of halogens is 1. The van der Waals surface area contributed by atoms with E-state index in [0.717, 1.165) is 22.0 Å². The first-order chi connectivity index (χ1) is 17.6. The van der Waals surface area contributed by atoms with Crippen LogP contribution in [0.2, 0.25) is 5.02 Å². The number of para-hydroxylation sites is 1.